The predicted octanol–water partition coefficient (Wildman–Crippen LogP) is 1.45. The Balaban J connectivity index is 2.66. The molecular formula is C11H16ClN3O. The molecule has 1 aromatic heterocycles. The van der Waals surface area contributed by atoms with Crippen molar-refractivity contribution in [1.82, 2.24) is 15.1 Å². The molecule has 0 saturated carbocycles. The first-order valence-corrected chi connectivity index (χ1v) is 5.38. The molecule has 0 radical (unpaired) electrons. The topological polar surface area (TPSA) is 46.9 Å². The minimum absolute atomic E-state index is 0.0685. The van der Waals surface area contributed by atoms with Crippen molar-refractivity contribution in [3.63, 3.8) is 0 Å². The summed E-state index contributed by atoms with van der Waals surface area (Å²) in [6.07, 6.45) is 0.329. The van der Waals surface area contributed by atoms with E-state index in [0.29, 0.717) is 18.0 Å². The summed E-state index contributed by atoms with van der Waals surface area (Å²) in [7, 11) is 1.87. The number of amides is 1. The molecule has 0 aliphatic rings. The fourth-order valence-corrected chi connectivity index (χ4v) is 1.56. The SMILES string of the molecule is C=C(Cl)CNC(=O)Cc1c(C)nn(C)c1C. The maximum atomic E-state index is 11.6. The van der Waals surface area contributed by atoms with Crippen LogP contribution in [0.1, 0.15) is 17.0 Å². The first kappa shape index (κ1) is 12.8. The Morgan fingerprint density at radius 2 is 2.19 bits per heavy atom. The molecule has 4 nitrogen and oxygen atoms in total. The highest BCUT2D eigenvalue weighted by molar-refractivity contribution is 6.29. The molecule has 1 heterocycles. The Morgan fingerprint density at radius 1 is 1.56 bits per heavy atom. The Kier molecular flexibility index (Phi) is 4.12. The summed E-state index contributed by atoms with van der Waals surface area (Å²) in [6.45, 7) is 7.66. The number of nitrogens with zero attached hydrogens (tertiary/aromatic N) is 2. The van der Waals surface area contributed by atoms with Gasteiger partial charge < -0.3 is 5.32 Å². The fourth-order valence-electron chi connectivity index (χ4n) is 1.49. The molecule has 5 heteroatoms. The van der Waals surface area contributed by atoms with Crippen LogP contribution in [-0.2, 0) is 18.3 Å². The van der Waals surface area contributed by atoms with Gasteiger partial charge in [-0.25, -0.2) is 0 Å². The molecule has 0 fully saturated rings. The van der Waals surface area contributed by atoms with E-state index in [2.05, 4.69) is 17.0 Å². The van der Waals surface area contributed by atoms with E-state index in [1.54, 1.807) is 4.68 Å². The third-order valence-corrected chi connectivity index (χ3v) is 2.61. The van der Waals surface area contributed by atoms with Gasteiger partial charge in [0.2, 0.25) is 5.91 Å². The number of carbonyl (C=O) groups is 1. The summed E-state index contributed by atoms with van der Waals surface area (Å²) in [5.41, 5.74) is 2.87. The third kappa shape index (κ3) is 3.10. The first-order valence-electron chi connectivity index (χ1n) is 5.01. The van der Waals surface area contributed by atoms with E-state index in [4.69, 9.17) is 11.6 Å². The smallest absolute Gasteiger partial charge is 0.224 e. The summed E-state index contributed by atoms with van der Waals surface area (Å²) in [5, 5.41) is 7.36. The molecule has 16 heavy (non-hydrogen) atoms. The fraction of sp³-hybridized carbons (Fsp3) is 0.455. The zero-order valence-corrected chi connectivity index (χ0v) is 10.6. The minimum Gasteiger partial charge on any atom is -0.351 e. The second-order valence-corrected chi connectivity index (χ2v) is 4.28. The van der Waals surface area contributed by atoms with Gasteiger partial charge in [0.15, 0.2) is 0 Å². The molecule has 0 atom stereocenters. The minimum atomic E-state index is -0.0685. The summed E-state index contributed by atoms with van der Waals surface area (Å²) < 4.78 is 1.78. The van der Waals surface area contributed by atoms with E-state index < -0.39 is 0 Å². The molecule has 0 unspecified atom stereocenters. The second kappa shape index (κ2) is 5.16. The normalized spacial score (nSPS) is 10.2. The summed E-state index contributed by atoms with van der Waals surface area (Å²) >= 11 is 5.57. The Hall–Kier alpha value is -1.29. The summed E-state index contributed by atoms with van der Waals surface area (Å²) in [6, 6.07) is 0. The largest absolute Gasteiger partial charge is 0.351 e. The Bertz CT molecular complexity index is 423. The number of hydrogen-bond donors (Lipinski definition) is 1. The van der Waals surface area contributed by atoms with Crippen LogP contribution < -0.4 is 5.32 Å². The highest BCUT2D eigenvalue weighted by Crippen LogP contribution is 2.12. The van der Waals surface area contributed by atoms with Crippen molar-refractivity contribution < 1.29 is 4.79 Å². The van der Waals surface area contributed by atoms with E-state index >= 15 is 0 Å². The molecule has 0 aliphatic heterocycles. The van der Waals surface area contributed by atoms with Gasteiger partial charge in [-0.2, -0.15) is 5.10 Å². The lowest BCUT2D eigenvalue weighted by Gasteiger charge is -2.04. The monoisotopic (exact) mass is 241 g/mol. The Morgan fingerprint density at radius 3 is 2.62 bits per heavy atom. The van der Waals surface area contributed by atoms with Gasteiger partial charge in [-0.1, -0.05) is 18.2 Å². The highest BCUT2D eigenvalue weighted by Gasteiger charge is 2.12. The number of aryl methyl sites for hydroxylation is 2. The van der Waals surface area contributed by atoms with E-state index in [1.807, 2.05) is 20.9 Å². The van der Waals surface area contributed by atoms with Crippen molar-refractivity contribution in [2.75, 3.05) is 6.54 Å². The van der Waals surface area contributed by atoms with Crippen LogP contribution >= 0.6 is 11.6 Å². The van der Waals surface area contributed by atoms with Gasteiger partial charge in [0.25, 0.3) is 0 Å². The van der Waals surface area contributed by atoms with Gasteiger partial charge in [-0.3, -0.25) is 9.48 Å². The van der Waals surface area contributed by atoms with E-state index in [0.717, 1.165) is 17.0 Å². The average Bonchev–Trinajstić information content (AvgIpc) is 2.42. The second-order valence-electron chi connectivity index (χ2n) is 3.74. The lowest BCUT2D eigenvalue weighted by Crippen LogP contribution is -2.26. The van der Waals surface area contributed by atoms with Crippen LogP contribution in [0.5, 0.6) is 0 Å². The predicted molar refractivity (Wildman–Crippen MR) is 64.4 cm³/mol. The van der Waals surface area contributed by atoms with Gasteiger partial charge in [-0.05, 0) is 13.8 Å². The van der Waals surface area contributed by atoms with Crippen molar-refractivity contribution in [2.45, 2.75) is 20.3 Å². The molecule has 1 aromatic rings. The zero-order valence-electron chi connectivity index (χ0n) is 9.80. The van der Waals surface area contributed by atoms with Crippen LogP contribution in [0.25, 0.3) is 0 Å². The lowest BCUT2D eigenvalue weighted by molar-refractivity contribution is -0.120. The van der Waals surface area contributed by atoms with Crippen molar-refractivity contribution >= 4 is 17.5 Å². The molecule has 0 aromatic carbocycles. The quantitative estimate of drug-likeness (QED) is 0.867. The number of halogens is 1. The van der Waals surface area contributed by atoms with E-state index in [1.165, 1.54) is 0 Å². The maximum absolute atomic E-state index is 11.6. The van der Waals surface area contributed by atoms with Gasteiger partial charge in [-0.15, -0.1) is 0 Å². The number of carbonyl (C=O) groups excluding carboxylic acids is 1. The molecule has 0 bridgehead atoms. The molecule has 1 rings (SSSR count). The van der Waals surface area contributed by atoms with Crippen LogP contribution in [-0.4, -0.2) is 22.2 Å². The van der Waals surface area contributed by atoms with Crippen LogP contribution in [0.2, 0.25) is 0 Å². The van der Waals surface area contributed by atoms with Gasteiger partial charge in [0, 0.05) is 23.3 Å². The van der Waals surface area contributed by atoms with Crippen molar-refractivity contribution in [1.29, 1.82) is 0 Å². The summed E-state index contributed by atoms with van der Waals surface area (Å²) in [5.74, 6) is -0.0685. The maximum Gasteiger partial charge on any atom is 0.224 e. The molecule has 1 amide bonds. The zero-order chi connectivity index (χ0) is 12.3. The van der Waals surface area contributed by atoms with E-state index in [-0.39, 0.29) is 5.91 Å². The van der Waals surface area contributed by atoms with Crippen LogP contribution in [0, 0.1) is 13.8 Å². The first-order chi connectivity index (χ1) is 7.41. The molecule has 0 saturated heterocycles. The molecule has 0 spiro atoms. The van der Waals surface area contributed by atoms with Crippen molar-refractivity contribution in [3.05, 3.63) is 28.6 Å². The van der Waals surface area contributed by atoms with Crippen molar-refractivity contribution in [3.8, 4) is 0 Å². The average molecular weight is 242 g/mol. The summed E-state index contributed by atoms with van der Waals surface area (Å²) in [4.78, 5) is 11.6. The number of aromatic nitrogens is 2. The van der Waals surface area contributed by atoms with Gasteiger partial charge in [0.1, 0.15) is 0 Å². The number of nitrogens with one attached hydrogen (secondary N) is 1. The molecule has 88 valence electrons. The third-order valence-electron chi connectivity index (χ3n) is 2.47. The lowest BCUT2D eigenvalue weighted by atomic mass is 10.1. The number of hydrogen-bond acceptors (Lipinski definition) is 2. The van der Waals surface area contributed by atoms with Crippen LogP contribution in [0.4, 0.5) is 0 Å². The standard InChI is InChI=1S/C11H16ClN3O/c1-7(12)6-13-11(16)5-10-8(2)14-15(4)9(10)3/h1,5-6H2,2-4H3,(H,13,16). The molecular weight excluding hydrogens is 226 g/mol. The molecule has 0 aliphatic carbocycles. The van der Waals surface area contributed by atoms with Gasteiger partial charge >= 0.3 is 0 Å². The van der Waals surface area contributed by atoms with E-state index in [9.17, 15) is 4.79 Å². The van der Waals surface area contributed by atoms with Gasteiger partial charge in [0.05, 0.1) is 18.7 Å². The number of rotatable bonds is 4. The van der Waals surface area contributed by atoms with Crippen LogP contribution in [0.15, 0.2) is 11.6 Å². The highest BCUT2D eigenvalue weighted by atomic mass is 35.5. The van der Waals surface area contributed by atoms with Crippen LogP contribution in [0.3, 0.4) is 0 Å². The Labute approximate surface area is 100 Å². The molecule has 1 N–H and O–H groups in total. The van der Waals surface area contributed by atoms with Crippen molar-refractivity contribution in [2.24, 2.45) is 7.05 Å².